The third-order valence-corrected chi connectivity index (χ3v) is 3.33. The molecule has 0 aliphatic heterocycles. The Hall–Kier alpha value is -1.15. The summed E-state index contributed by atoms with van der Waals surface area (Å²) in [5.41, 5.74) is 3.27. The van der Waals surface area contributed by atoms with Crippen LogP contribution in [0.5, 0.6) is 0 Å². The number of aliphatic hydroxyl groups excluding tert-OH is 1. The van der Waals surface area contributed by atoms with Gasteiger partial charge in [-0.15, -0.1) is 0 Å². The second-order valence-corrected chi connectivity index (χ2v) is 4.47. The summed E-state index contributed by atoms with van der Waals surface area (Å²) in [6.45, 7) is 1.88. The summed E-state index contributed by atoms with van der Waals surface area (Å²) in [5.74, 6) is 0.242. The summed E-state index contributed by atoms with van der Waals surface area (Å²) in [5, 5.41) is 10.0. The minimum absolute atomic E-state index is 0.242. The number of hydrogen-bond donors (Lipinski definition) is 1. The Bertz CT molecular complexity index is 396. The van der Waals surface area contributed by atoms with E-state index in [1.54, 1.807) is 0 Å². The Morgan fingerprint density at radius 3 is 3.06 bits per heavy atom. The van der Waals surface area contributed by atoms with Crippen LogP contribution in [0.2, 0.25) is 0 Å². The molecule has 86 valence electrons. The van der Waals surface area contributed by atoms with Crippen molar-refractivity contribution in [3.63, 3.8) is 0 Å². The van der Waals surface area contributed by atoms with Crippen molar-refractivity contribution in [1.82, 2.24) is 0 Å². The Balaban J connectivity index is 2.34. The molecule has 0 saturated heterocycles. The first-order valence-electron chi connectivity index (χ1n) is 6.02. The second-order valence-electron chi connectivity index (χ2n) is 4.47. The van der Waals surface area contributed by atoms with E-state index in [0.717, 1.165) is 30.4 Å². The molecule has 1 aliphatic carbocycles. The van der Waals surface area contributed by atoms with Crippen molar-refractivity contribution in [2.45, 2.75) is 45.1 Å². The van der Waals surface area contributed by atoms with Gasteiger partial charge in [-0.1, -0.05) is 25.1 Å². The molecule has 1 aromatic rings. The number of aliphatic hydroxyl groups is 1. The van der Waals surface area contributed by atoms with Gasteiger partial charge in [-0.2, -0.15) is 0 Å². The predicted molar refractivity (Wildman–Crippen MR) is 63.3 cm³/mol. The molecule has 1 aliphatic rings. The lowest BCUT2D eigenvalue weighted by Gasteiger charge is -2.24. The van der Waals surface area contributed by atoms with Crippen LogP contribution in [-0.2, 0) is 17.6 Å². The quantitative estimate of drug-likeness (QED) is 0.846. The Kier molecular flexibility index (Phi) is 3.39. The number of fused-ring (bicyclic) bond motifs is 1. The second kappa shape index (κ2) is 4.79. The summed E-state index contributed by atoms with van der Waals surface area (Å²) < 4.78 is 0. The Labute approximate surface area is 96.3 Å². The molecule has 1 unspecified atom stereocenters. The molecule has 0 aromatic heterocycles. The van der Waals surface area contributed by atoms with Gasteiger partial charge in [-0.25, -0.2) is 0 Å². The molecule has 1 N–H and O–H groups in total. The van der Waals surface area contributed by atoms with Gasteiger partial charge in [0.15, 0.2) is 0 Å². The predicted octanol–water partition coefficient (Wildman–Crippen LogP) is 2.58. The lowest BCUT2D eigenvalue weighted by molar-refractivity contribution is -0.118. The fourth-order valence-corrected chi connectivity index (χ4v) is 2.43. The fraction of sp³-hybridized carbons (Fsp3) is 0.500. The van der Waals surface area contributed by atoms with Crippen LogP contribution in [0.1, 0.15) is 49.0 Å². The van der Waals surface area contributed by atoms with Crippen molar-refractivity contribution < 1.29 is 9.90 Å². The van der Waals surface area contributed by atoms with E-state index in [9.17, 15) is 9.90 Å². The van der Waals surface area contributed by atoms with E-state index in [4.69, 9.17) is 0 Å². The van der Waals surface area contributed by atoms with Gasteiger partial charge in [-0.05, 0) is 36.0 Å². The summed E-state index contributed by atoms with van der Waals surface area (Å²) in [6.07, 6.45) is 3.56. The number of rotatable bonds is 3. The van der Waals surface area contributed by atoms with Gasteiger partial charge in [0, 0.05) is 12.8 Å². The van der Waals surface area contributed by atoms with Crippen molar-refractivity contribution in [3.05, 3.63) is 34.9 Å². The van der Waals surface area contributed by atoms with E-state index in [2.05, 4.69) is 6.07 Å². The maximum absolute atomic E-state index is 11.5. The van der Waals surface area contributed by atoms with Crippen LogP contribution in [0.3, 0.4) is 0 Å². The fourth-order valence-electron chi connectivity index (χ4n) is 2.43. The number of carbonyl (C=O) groups excluding carboxylic acids is 1. The van der Waals surface area contributed by atoms with Crippen LogP contribution in [0.15, 0.2) is 18.2 Å². The molecule has 1 atom stereocenters. The zero-order valence-electron chi connectivity index (χ0n) is 9.70. The smallest absolute Gasteiger partial charge is 0.137 e. The third kappa shape index (κ3) is 2.17. The molecular weight excluding hydrogens is 200 g/mol. The van der Waals surface area contributed by atoms with Gasteiger partial charge in [0.25, 0.3) is 0 Å². The number of Topliss-reactive ketones (excluding diaryl/α,β-unsaturated/α-hetero) is 1. The zero-order valence-corrected chi connectivity index (χ0v) is 9.70. The number of ketones is 1. The van der Waals surface area contributed by atoms with E-state index >= 15 is 0 Å². The normalized spacial score (nSPS) is 19.2. The lowest BCUT2D eigenvalue weighted by Crippen LogP contribution is -2.14. The first-order chi connectivity index (χ1) is 7.72. The molecule has 16 heavy (non-hydrogen) atoms. The molecule has 0 radical (unpaired) electrons. The van der Waals surface area contributed by atoms with Crippen molar-refractivity contribution >= 4 is 5.78 Å². The summed E-state index contributed by atoms with van der Waals surface area (Å²) in [7, 11) is 0. The largest absolute Gasteiger partial charge is 0.388 e. The van der Waals surface area contributed by atoms with E-state index in [-0.39, 0.29) is 11.9 Å². The summed E-state index contributed by atoms with van der Waals surface area (Å²) >= 11 is 0. The zero-order chi connectivity index (χ0) is 11.5. The average molecular weight is 218 g/mol. The number of benzene rings is 1. The monoisotopic (exact) mass is 218 g/mol. The summed E-state index contributed by atoms with van der Waals surface area (Å²) in [4.78, 5) is 11.5. The van der Waals surface area contributed by atoms with Crippen molar-refractivity contribution in [2.75, 3.05) is 0 Å². The SMILES string of the molecule is CCC(=O)Cc1cccc2c1C(O)CCC2. The molecule has 0 fully saturated rings. The van der Waals surface area contributed by atoms with Gasteiger partial charge in [0.05, 0.1) is 6.10 Å². The molecule has 1 aromatic carbocycles. The van der Waals surface area contributed by atoms with Gasteiger partial charge >= 0.3 is 0 Å². The molecule has 2 nitrogen and oxygen atoms in total. The van der Waals surface area contributed by atoms with E-state index in [1.807, 2.05) is 19.1 Å². The van der Waals surface area contributed by atoms with E-state index in [0.29, 0.717) is 12.8 Å². The van der Waals surface area contributed by atoms with Crippen LogP contribution in [0.25, 0.3) is 0 Å². The van der Waals surface area contributed by atoms with Crippen molar-refractivity contribution in [1.29, 1.82) is 0 Å². The van der Waals surface area contributed by atoms with Crippen molar-refractivity contribution in [2.24, 2.45) is 0 Å². The minimum Gasteiger partial charge on any atom is -0.388 e. The molecule has 0 bridgehead atoms. The van der Waals surface area contributed by atoms with Gasteiger partial charge < -0.3 is 5.11 Å². The maximum atomic E-state index is 11.5. The van der Waals surface area contributed by atoms with Gasteiger partial charge in [0.2, 0.25) is 0 Å². The number of hydrogen-bond acceptors (Lipinski definition) is 2. The molecule has 0 heterocycles. The van der Waals surface area contributed by atoms with Gasteiger partial charge in [-0.3, -0.25) is 4.79 Å². The standard InChI is InChI=1S/C14H18O2/c1-2-12(15)9-11-7-3-5-10-6-4-8-13(16)14(10)11/h3,5,7,13,16H,2,4,6,8-9H2,1H3. The highest BCUT2D eigenvalue weighted by Gasteiger charge is 2.21. The Morgan fingerprint density at radius 1 is 1.50 bits per heavy atom. The molecule has 2 heteroatoms. The topological polar surface area (TPSA) is 37.3 Å². The third-order valence-electron chi connectivity index (χ3n) is 3.33. The van der Waals surface area contributed by atoms with Crippen LogP contribution < -0.4 is 0 Å². The number of carbonyl (C=O) groups is 1. The molecule has 0 saturated carbocycles. The average Bonchev–Trinajstić information content (AvgIpc) is 2.29. The van der Waals surface area contributed by atoms with Crippen LogP contribution >= 0.6 is 0 Å². The van der Waals surface area contributed by atoms with Crippen LogP contribution in [0, 0.1) is 0 Å². The van der Waals surface area contributed by atoms with E-state index < -0.39 is 0 Å². The first-order valence-corrected chi connectivity index (χ1v) is 6.02. The molecular formula is C14H18O2. The Morgan fingerprint density at radius 2 is 2.31 bits per heavy atom. The molecule has 2 rings (SSSR count). The van der Waals surface area contributed by atoms with Crippen LogP contribution in [-0.4, -0.2) is 10.9 Å². The highest BCUT2D eigenvalue weighted by molar-refractivity contribution is 5.81. The maximum Gasteiger partial charge on any atom is 0.137 e. The van der Waals surface area contributed by atoms with Gasteiger partial charge in [0.1, 0.15) is 5.78 Å². The van der Waals surface area contributed by atoms with Crippen molar-refractivity contribution in [3.8, 4) is 0 Å². The molecule has 0 spiro atoms. The highest BCUT2D eigenvalue weighted by Crippen LogP contribution is 2.32. The lowest BCUT2D eigenvalue weighted by atomic mass is 9.85. The minimum atomic E-state index is -0.371. The summed E-state index contributed by atoms with van der Waals surface area (Å²) in [6, 6.07) is 6.04. The molecule has 0 amide bonds. The van der Waals surface area contributed by atoms with Crippen LogP contribution in [0.4, 0.5) is 0 Å². The first kappa shape index (κ1) is 11.3. The van der Waals surface area contributed by atoms with E-state index in [1.165, 1.54) is 5.56 Å². The number of aryl methyl sites for hydroxylation is 1. The highest BCUT2D eigenvalue weighted by atomic mass is 16.3.